The van der Waals surface area contributed by atoms with Crippen molar-refractivity contribution in [3.63, 3.8) is 0 Å². The maximum Gasteiger partial charge on any atom is 0.0212 e. The van der Waals surface area contributed by atoms with Gasteiger partial charge >= 0.3 is 0 Å². The summed E-state index contributed by atoms with van der Waals surface area (Å²) in [5, 5.41) is 0. The van der Waals surface area contributed by atoms with E-state index in [9.17, 15) is 0 Å². The summed E-state index contributed by atoms with van der Waals surface area (Å²) in [6.45, 7) is 43.8. The molecule has 0 aromatic rings. The van der Waals surface area contributed by atoms with Crippen LogP contribution < -0.4 is 0 Å². The minimum absolute atomic E-state index is 0. The SMILES string of the molecule is C.C.C.C.CC(C)N1CC2(C1)CN(C(C)C)C2.CC(C)N1CCC2(CC1)CN(C(C)C)C2.CC(C)N1CCC2(CC1)CN(C(C)C)C2. The normalized spacial score (nSPS) is 25.4. The molecule has 0 amide bonds. The van der Waals surface area contributed by atoms with Crippen molar-refractivity contribution in [2.24, 2.45) is 16.2 Å². The largest absolute Gasteiger partial charge is 0.301 e. The molecular formula is C41H90N6. The standard InChI is InChI=1S/2C13H26N2.C11H22N2.4CH4/c2*1-11(2)14-7-5-13(6-8-14)9-15(10-13)12(3)4;1-9(2)12-5-11(6-12)7-13(8-11)10(3)4;;;;/h2*11-12H,5-10H2,1-4H3;9-10H,5-8H2,1-4H3;4*1H4. The maximum atomic E-state index is 2.63. The van der Waals surface area contributed by atoms with Crippen molar-refractivity contribution in [1.29, 1.82) is 0 Å². The smallest absolute Gasteiger partial charge is 0.0212 e. The van der Waals surface area contributed by atoms with Gasteiger partial charge in [0.1, 0.15) is 0 Å². The second-order valence-corrected chi connectivity index (χ2v) is 17.8. The summed E-state index contributed by atoms with van der Waals surface area (Å²) in [5.41, 5.74) is 2.11. The molecule has 6 aliphatic rings. The Morgan fingerprint density at radius 1 is 0.277 bits per heavy atom. The molecule has 6 heteroatoms. The highest BCUT2D eigenvalue weighted by atomic mass is 15.3. The Labute approximate surface area is 298 Å². The van der Waals surface area contributed by atoms with E-state index >= 15 is 0 Å². The first-order valence-electron chi connectivity index (χ1n) is 18.5. The number of likely N-dealkylation sites (tertiary alicyclic amines) is 6. The topological polar surface area (TPSA) is 19.4 Å². The van der Waals surface area contributed by atoms with Crippen molar-refractivity contribution in [2.75, 3.05) is 78.5 Å². The van der Waals surface area contributed by atoms with Gasteiger partial charge < -0.3 is 9.80 Å². The zero-order valence-corrected chi connectivity index (χ0v) is 31.0. The average molecular weight is 667 g/mol. The summed E-state index contributed by atoms with van der Waals surface area (Å²) in [7, 11) is 0. The lowest BCUT2D eigenvalue weighted by atomic mass is 9.71. The van der Waals surface area contributed by atoms with E-state index in [0.717, 1.165) is 36.3 Å². The van der Waals surface area contributed by atoms with E-state index in [2.05, 4.69) is 112 Å². The van der Waals surface area contributed by atoms with Gasteiger partial charge in [-0.2, -0.15) is 0 Å². The lowest BCUT2D eigenvalue weighted by molar-refractivity contribution is -0.135. The first-order chi connectivity index (χ1) is 20.1. The number of hydrogen-bond donors (Lipinski definition) is 0. The van der Waals surface area contributed by atoms with Crippen LogP contribution in [0.25, 0.3) is 0 Å². The van der Waals surface area contributed by atoms with Gasteiger partial charge in [-0.15, -0.1) is 0 Å². The van der Waals surface area contributed by atoms with Crippen LogP contribution in [0.15, 0.2) is 0 Å². The van der Waals surface area contributed by atoms with E-state index in [1.807, 2.05) is 0 Å². The van der Waals surface area contributed by atoms with Crippen LogP contribution in [-0.4, -0.2) is 144 Å². The zero-order valence-electron chi connectivity index (χ0n) is 31.0. The molecule has 0 radical (unpaired) electrons. The predicted octanol–water partition coefficient (Wildman–Crippen LogP) is 8.37. The number of nitrogens with zero attached hydrogens (tertiary/aromatic N) is 6. The third-order valence-corrected chi connectivity index (χ3v) is 12.4. The second-order valence-electron chi connectivity index (χ2n) is 17.8. The summed E-state index contributed by atoms with van der Waals surface area (Å²) in [5.74, 6) is 0. The third kappa shape index (κ3) is 11.4. The summed E-state index contributed by atoms with van der Waals surface area (Å²) < 4.78 is 0. The fourth-order valence-corrected chi connectivity index (χ4v) is 8.58. The van der Waals surface area contributed by atoms with E-state index in [1.165, 1.54) is 104 Å². The van der Waals surface area contributed by atoms with Crippen LogP contribution in [0.4, 0.5) is 0 Å². The van der Waals surface area contributed by atoms with Crippen LogP contribution in [0.3, 0.4) is 0 Å². The Morgan fingerprint density at radius 2 is 0.447 bits per heavy atom. The molecule has 0 aromatic heterocycles. The Bertz CT molecular complexity index is 748. The molecular weight excluding hydrogens is 576 g/mol. The molecule has 6 aliphatic heterocycles. The predicted molar refractivity (Wildman–Crippen MR) is 213 cm³/mol. The van der Waals surface area contributed by atoms with Gasteiger partial charge in [-0.05, 0) is 146 Å². The lowest BCUT2D eigenvalue weighted by Gasteiger charge is -2.62. The minimum Gasteiger partial charge on any atom is -0.301 e. The van der Waals surface area contributed by atoms with Crippen LogP contribution in [0.5, 0.6) is 0 Å². The summed E-state index contributed by atoms with van der Waals surface area (Å²) >= 11 is 0. The Balaban J connectivity index is 0.000000649. The molecule has 6 nitrogen and oxygen atoms in total. The van der Waals surface area contributed by atoms with Gasteiger partial charge in [-0.3, -0.25) is 19.6 Å². The second kappa shape index (κ2) is 18.8. The van der Waals surface area contributed by atoms with E-state index < -0.39 is 0 Å². The molecule has 47 heavy (non-hydrogen) atoms. The molecule has 0 N–H and O–H groups in total. The van der Waals surface area contributed by atoms with Gasteiger partial charge in [-0.1, -0.05) is 29.7 Å². The molecule has 3 spiro atoms. The molecule has 6 fully saturated rings. The Morgan fingerprint density at radius 3 is 0.617 bits per heavy atom. The molecule has 6 saturated heterocycles. The van der Waals surface area contributed by atoms with E-state index in [1.54, 1.807) is 0 Å². The Kier molecular flexibility index (Phi) is 18.7. The molecule has 6 heterocycles. The van der Waals surface area contributed by atoms with E-state index in [0.29, 0.717) is 16.2 Å². The molecule has 0 unspecified atom stereocenters. The van der Waals surface area contributed by atoms with Crippen LogP contribution in [-0.2, 0) is 0 Å². The minimum atomic E-state index is 0. The average Bonchev–Trinajstić information content (AvgIpc) is 2.84. The summed E-state index contributed by atoms with van der Waals surface area (Å²) in [4.78, 5) is 15.7. The monoisotopic (exact) mass is 667 g/mol. The van der Waals surface area contributed by atoms with E-state index in [4.69, 9.17) is 0 Å². The van der Waals surface area contributed by atoms with E-state index in [-0.39, 0.29) is 29.7 Å². The van der Waals surface area contributed by atoms with Gasteiger partial charge in [0.25, 0.3) is 0 Å². The number of hydrogen-bond acceptors (Lipinski definition) is 6. The summed E-state index contributed by atoms with van der Waals surface area (Å²) in [6, 6.07) is 4.47. The first kappa shape index (κ1) is 46.8. The van der Waals surface area contributed by atoms with Crippen LogP contribution in [0.2, 0.25) is 0 Å². The number of rotatable bonds is 6. The van der Waals surface area contributed by atoms with Crippen molar-refractivity contribution in [2.45, 2.75) is 175 Å². The van der Waals surface area contributed by atoms with Gasteiger partial charge in [0.2, 0.25) is 0 Å². The van der Waals surface area contributed by atoms with Crippen molar-refractivity contribution >= 4 is 0 Å². The molecule has 0 atom stereocenters. The molecule has 0 saturated carbocycles. The number of piperidine rings is 2. The maximum absolute atomic E-state index is 2.63. The highest BCUT2D eigenvalue weighted by molar-refractivity contribution is 5.07. The fraction of sp³-hybridized carbons (Fsp3) is 1.00. The highest BCUT2D eigenvalue weighted by Gasteiger charge is 2.52. The first-order valence-corrected chi connectivity index (χ1v) is 18.5. The van der Waals surface area contributed by atoms with Crippen LogP contribution >= 0.6 is 0 Å². The lowest BCUT2D eigenvalue weighted by Crippen LogP contribution is -2.73. The third-order valence-electron chi connectivity index (χ3n) is 12.4. The van der Waals surface area contributed by atoms with Crippen molar-refractivity contribution in [3.05, 3.63) is 0 Å². The van der Waals surface area contributed by atoms with Gasteiger partial charge in [0, 0.05) is 94.0 Å². The summed E-state index contributed by atoms with van der Waals surface area (Å²) in [6.07, 6.45) is 5.70. The van der Waals surface area contributed by atoms with Crippen molar-refractivity contribution in [1.82, 2.24) is 29.4 Å². The molecule has 284 valence electrons. The van der Waals surface area contributed by atoms with Gasteiger partial charge in [0.15, 0.2) is 0 Å². The van der Waals surface area contributed by atoms with Crippen LogP contribution in [0, 0.1) is 16.2 Å². The molecule has 0 bridgehead atoms. The fourth-order valence-electron chi connectivity index (χ4n) is 8.58. The quantitative estimate of drug-likeness (QED) is 0.282. The molecule has 6 rings (SSSR count). The molecule has 0 aromatic carbocycles. The van der Waals surface area contributed by atoms with Crippen LogP contribution in [0.1, 0.15) is 138 Å². The molecule has 0 aliphatic carbocycles. The van der Waals surface area contributed by atoms with Gasteiger partial charge in [-0.25, -0.2) is 0 Å². The Hall–Kier alpha value is -0.240. The van der Waals surface area contributed by atoms with Gasteiger partial charge in [0.05, 0.1) is 0 Å². The van der Waals surface area contributed by atoms with Crippen molar-refractivity contribution < 1.29 is 0 Å². The highest BCUT2D eigenvalue weighted by Crippen LogP contribution is 2.43. The van der Waals surface area contributed by atoms with Crippen molar-refractivity contribution in [3.8, 4) is 0 Å². The zero-order chi connectivity index (χ0) is 31.7.